The smallest absolute Gasteiger partial charge is 0.128 e. The van der Waals surface area contributed by atoms with Crippen LogP contribution in [-0.2, 0) is 38.7 Å². The fourth-order valence-corrected chi connectivity index (χ4v) is 12.1. The van der Waals surface area contributed by atoms with Crippen LogP contribution in [0.1, 0.15) is 134 Å². The second-order valence-electron chi connectivity index (χ2n) is 24.0. The minimum absolute atomic E-state index is 0. The standard InChI is InChI=1S/C66H66N2O2.C12H10O2.Mn/c1-63(2,3)57-43-55(65(49-27-13-7-14-28-49,50-29-15-8-16-30-50)51-31-17-9-18-32-51)41-47(61(57)69)45-67-59-39-25-26-40-60(59)68-46-48-42-56(44-58(62(48)70)64(4,5)6)66(52-33-19-10-20-34-52,53-35-21-11-22-36-53)54-37-23-12-24-38-54;13-10-6-8-12(9-7-10)14-11-4-2-1-3-5-11;/h7-24,27-38,41-46,59-60,69-70H,25-26,39-40H2,1-6H3;1-9,13H;/p-1/t59-,60-;;/m1../s1. The normalized spacial score (nSPS) is 14.7. The third-order valence-electron chi connectivity index (χ3n) is 16.3. The molecule has 0 aliphatic heterocycles. The van der Waals surface area contributed by atoms with Gasteiger partial charge in [-0.3, -0.25) is 9.98 Å². The summed E-state index contributed by atoms with van der Waals surface area (Å²) in [4.78, 5) is 10.7. The topological polar surface area (TPSA) is 97.5 Å². The number of nitrogens with zero attached hydrogens (tertiary/aromatic N) is 2. The maximum Gasteiger partial charge on any atom is 0.128 e. The van der Waals surface area contributed by atoms with Crippen molar-refractivity contribution in [2.45, 2.75) is 101 Å². The molecule has 1 saturated carbocycles. The summed E-state index contributed by atoms with van der Waals surface area (Å²) >= 11 is 0. The molecule has 1 radical (unpaired) electrons. The summed E-state index contributed by atoms with van der Waals surface area (Å²) in [5, 5.41) is 35.4. The van der Waals surface area contributed by atoms with Crippen LogP contribution in [0.3, 0.4) is 0 Å². The van der Waals surface area contributed by atoms with Crippen molar-refractivity contribution in [3.63, 3.8) is 0 Å². The summed E-state index contributed by atoms with van der Waals surface area (Å²) < 4.78 is 5.49. The molecule has 0 bridgehead atoms. The number of hydrogen-bond donors (Lipinski definition) is 2. The Morgan fingerprint density at radius 1 is 0.376 bits per heavy atom. The van der Waals surface area contributed by atoms with E-state index in [-0.39, 0.29) is 57.2 Å². The average molecular weight is 1160 g/mol. The van der Waals surface area contributed by atoms with E-state index < -0.39 is 10.8 Å². The molecule has 1 fully saturated rings. The van der Waals surface area contributed by atoms with Crippen molar-refractivity contribution in [1.29, 1.82) is 0 Å². The van der Waals surface area contributed by atoms with E-state index in [0.29, 0.717) is 16.9 Å². The zero-order valence-electron chi connectivity index (χ0n) is 49.4. The van der Waals surface area contributed by atoms with Crippen molar-refractivity contribution in [3.8, 4) is 28.7 Å². The van der Waals surface area contributed by atoms with Gasteiger partial charge in [0, 0.05) is 51.8 Å². The van der Waals surface area contributed by atoms with Crippen LogP contribution in [0.2, 0.25) is 0 Å². The van der Waals surface area contributed by atoms with E-state index in [1.165, 1.54) is 12.1 Å². The molecule has 6 nitrogen and oxygen atoms in total. The number of phenolic OH excluding ortho intramolecular Hbond substituents is 2. The van der Waals surface area contributed by atoms with Crippen LogP contribution in [0.15, 0.2) is 271 Å². The van der Waals surface area contributed by atoms with E-state index in [0.717, 1.165) is 87.1 Å². The monoisotopic (exact) mass is 1160 g/mol. The summed E-state index contributed by atoms with van der Waals surface area (Å²) in [6.07, 6.45) is 7.62. The number of para-hydroxylation sites is 1. The molecule has 0 heterocycles. The molecule has 2 atom stereocenters. The van der Waals surface area contributed by atoms with E-state index in [9.17, 15) is 15.3 Å². The van der Waals surface area contributed by atoms with Crippen molar-refractivity contribution >= 4 is 12.4 Å². The Labute approximate surface area is 513 Å². The maximum absolute atomic E-state index is 12.3. The van der Waals surface area contributed by atoms with Gasteiger partial charge >= 0.3 is 0 Å². The largest absolute Gasteiger partial charge is 0.872 e. The number of aliphatic imine (C=N–C) groups is 2. The van der Waals surface area contributed by atoms with Gasteiger partial charge in [0.25, 0.3) is 0 Å². The number of ether oxygens (including phenoxy) is 1. The van der Waals surface area contributed by atoms with Crippen molar-refractivity contribution in [1.82, 2.24) is 0 Å². The van der Waals surface area contributed by atoms with Crippen LogP contribution in [0.4, 0.5) is 0 Å². The van der Waals surface area contributed by atoms with Gasteiger partial charge in [-0.05, 0) is 117 Å². The Hall–Kier alpha value is -8.74. The molecular formula is C78H75MnN2O4-. The van der Waals surface area contributed by atoms with Gasteiger partial charge in [0.1, 0.15) is 23.0 Å². The van der Waals surface area contributed by atoms with Crippen molar-refractivity contribution < 1.29 is 37.1 Å². The van der Waals surface area contributed by atoms with Gasteiger partial charge in [-0.25, -0.2) is 0 Å². The molecule has 0 aromatic heterocycles. The molecule has 0 unspecified atom stereocenters. The first-order valence-electron chi connectivity index (χ1n) is 29.3. The summed E-state index contributed by atoms with van der Waals surface area (Å²) in [6.45, 7) is 13.0. The Morgan fingerprint density at radius 2 is 0.647 bits per heavy atom. The first-order chi connectivity index (χ1) is 40.7. The Balaban J connectivity index is 0.000000503. The van der Waals surface area contributed by atoms with Crippen LogP contribution >= 0.6 is 0 Å². The molecule has 7 heteroatoms. The predicted molar refractivity (Wildman–Crippen MR) is 344 cm³/mol. The number of hydrogen-bond acceptors (Lipinski definition) is 6. The van der Waals surface area contributed by atoms with Gasteiger partial charge in [-0.1, -0.05) is 267 Å². The Kier molecular flexibility index (Phi) is 19.2. The zero-order valence-corrected chi connectivity index (χ0v) is 50.6. The quantitative estimate of drug-likeness (QED) is 0.0644. The summed E-state index contributed by atoms with van der Waals surface area (Å²) in [7, 11) is 0. The fraction of sp³-hybridized carbons (Fsp3) is 0.205. The van der Waals surface area contributed by atoms with E-state index in [4.69, 9.17) is 14.7 Å². The van der Waals surface area contributed by atoms with Crippen LogP contribution in [-0.4, -0.2) is 34.7 Å². The maximum atomic E-state index is 12.3. The minimum atomic E-state index is -0.695. The van der Waals surface area contributed by atoms with Gasteiger partial charge in [0.2, 0.25) is 0 Å². The first kappa shape index (κ1) is 60.8. The van der Waals surface area contributed by atoms with Gasteiger partial charge in [-0.15, -0.1) is 5.75 Å². The first-order valence-corrected chi connectivity index (χ1v) is 29.3. The Bertz CT molecular complexity index is 3380. The van der Waals surface area contributed by atoms with Crippen molar-refractivity contribution in [3.05, 3.63) is 328 Å². The van der Waals surface area contributed by atoms with Gasteiger partial charge in [0.15, 0.2) is 0 Å². The molecule has 2 N–H and O–H groups in total. The summed E-state index contributed by atoms with van der Waals surface area (Å²) in [6, 6.07) is 88.5. The van der Waals surface area contributed by atoms with E-state index in [1.807, 2.05) is 42.8 Å². The number of rotatable bonds is 14. The molecular weight excluding hydrogens is 1080 g/mol. The zero-order chi connectivity index (χ0) is 58.7. The SMILES string of the molecule is CC(C)(C)c1cc(C(c2ccccc2)(c2ccccc2)c2ccccc2)cc(C=N[C@@H]2CCCC[C@H]2N=Cc2cc(C(c3ccccc3)(c3ccccc3)c3ccccc3)cc(C(C)(C)C)c2O)c1O.[Mn].[O-]c1ccc(Oc2ccccc2)cc1. The van der Waals surface area contributed by atoms with E-state index in [1.54, 1.807) is 12.1 Å². The molecule has 10 aromatic carbocycles. The van der Waals surface area contributed by atoms with Crippen molar-refractivity contribution in [2.75, 3.05) is 0 Å². The van der Waals surface area contributed by atoms with Crippen LogP contribution in [0, 0.1) is 0 Å². The molecule has 429 valence electrons. The fourth-order valence-electron chi connectivity index (χ4n) is 12.1. The van der Waals surface area contributed by atoms with Gasteiger partial charge in [-0.2, -0.15) is 0 Å². The molecule has 0 amide bonds. The van der Waals surface area contributed by atoms with E-state index in [2.05, 4.69) is 248 Å². The van der Waals surface area contributed by atoms with Gasteiger partial charge in [0.05, 0.1) is 22.9 Å². The van der Waals surface area contributed by atoms with Crippen LogP contribution in [0.5, 0.6) is 28.7 Å². The minimum Gasteiger partial charge on any atom is -0.872 e. The predicted octanol–water partition coefficient (Wildman–Crippen LogP) is 17.9. The summed E-state index contributed by atoms with van der Waals surface area (Å²) in [5.74, 6) is 1.93. The number of phenols is 2. The third-order valence-corrected chi connectivity index (χ3v) is 16.3. The Morgan fingerprint density at radius 3 is 0.929 bits per heavy atom. The van der Waals surface area contributed by atoms with E-state index >= 15 is 0 Å². The molecule has 11 rings (SSSR count). The second-order valence-corrected chi connectivity index (χ2v) is 24.0. The van der Waals surface area contributed by atoms with Crippen molar-refractivity contribution in [2.24, 2.45) is 9.98 Å². The number of aromatic hydroxyl groups is 2. The molecule has 0 saturated heterocycles. The molecule has 1 aliphatic rings. The molecule has 85 heavy (non-hydrogen) atoms. The number of benzene rings is 10. The van der Waals surface area contributed by atoms with Crippen LogP contribution < -0.4 is 9.84 Å². The van der Waals surface area contributed by atoms with Crippen LogP contribution in [0.25, 0.3) is 0 Å². The second kappa shape index (κ2) is 26.9. The molecule has 1 aliphatic carbocycles. The van der Waals surface area contributed by atoms with Gasteiger partial charge < -0.3 is 20.1 Å². The molecule has 10 aromatic rings. The molecule has 0 spiro atoms. The average Bonchev–Trinajstić information content (AvgIpc) is 1.16. The summed E-state index contributed by atoms with van der Waals surface area (Å²) in [5.41, 5.74) is 9.88. The third kappa shape index (κ3) is 13.3.